The highest BCUT2D eigenvalue weighted by molar-refractivity contribution is 8.00. The van der Waals surface area contributed by atoms with Crippen molar-refractivity contribution >= 4 is 97.6 Å². The Morgan fingerprint density at radius 3 is 2.24 bits per heavy atom. The van der Waals surface area contributed by atoms with E-state index in [1.807, 2.05) is 0 Å². The number of carboxylic acid groups (broad SMARTS) is 2. The molecule has 7 N–H and O–H groups in total. The molecule has 79 heavy (non-hydrogen) atoms. The fourth-order valence-corrected chi connectivity index (χ4v) is 12.1. The molecule has 27 heteroatoms. The second kappa shape index (κ2) is 26.7. The van der Waals surface area contributed by atoms with Crippen LogP contribution < -0.4 is 40.7 Å². The van der Waals surface area contributed by atoms with Crippen LogP contribution in [0, 0.1) is 17.5 Å². The van der Waals surface area contributed by atoms with E-state index in [4.69, 9.17) is 14.2 Å². The molecular weight excluding hydrogens is 1100 g/mol. The number of ether oxygens (including phenoxy) is 3. The molecule has 2 aliphatic heterocycles. The van der Waals surface area contributed by atoms with E-state index in [9.17, 15) is 65.7 Å². The van der Waals surface area contributed by atoms with Crippen molar-refractivity contribution < 1.29 is 88.6 Å². The van der Waals surface area contributed by atoms with Gasteiger partial charge in [-0.05, 0) is 54.0 Å². The maximum Gasteiger partial charge on any atom is 0.336 e. The van der Waals surface area contributed by atoms with Crippen molar-refractivity contribution in [2.45, 2.75) is 86.4 Å². The molecule has 2 heterocycles. The SMILES string of the molecule is C=c1ccc2c(c1)Oc1cc(O)ccc1C=2c1ccc(N2C(=O)CC(SCC(NC(=O)CCOCCOCCNC(=O)CCS(=O)(=O)c3c(F)c(F)c(NS(=O)[O-])c(F)c3NC3CCCCCCC3)C(=O)O)C2=O)cc1C(=O)O. The zero-order chi connectivity index (χ0) is 57.1. The van der Waals surface area contributed by atoms with Crippen molar-refractivity contribution in [1.82, 2.24) is 10.6 Å². The number of benzene rings is 4. The topological polar surface area (TPSA) is 316 Å². The lowest BCUT2D eigenvalue weighted by Gasteiger charge is -2.25. The largest absolute Gasteiger partial charge is 0.755 e. The molecule has 0 bridgehead atoms. The molecule has 3 atom stereocenters. The van der Waals surface area contributed by atoms with E-state index in [0.29, 0.717) is 53.0 Å². The second-order valence-corrected chi connectivity index (χ2v) is 22.5. The number of amides is 4. The van der Waals surface area contributed by atoms with Gasteiger partial charge in [0.25, 0.3) is 0 Å². The van der Waals surface area contributed by atoms with Crippen LogP contribution >= 0.6 is 11.8 Å². The first-order valence-corrected chi connectivity index (χ1v) is 28.6. The molecule has 4 amide bonds. The first-order chi connectivity index (χ1) is 37.6. The summed E-state index contributed by atoms with van der Waals surface area (Å²) in [6.45, 7) is 3.46. The van der Waals surface area contributed by atoms with E-state index in [0.717, 1.165) is 35.9 Å². The maximum absolute atomic E-state index is 15.7. The minimum Gasteiger partial charge on any atom is -0.755 e. The van der Waals surface area contributed by atoms with Crippen molar-refractivity contribution in [3.05, 3.63) is 99.2 Å². The molecule has 0 spiro atoms. The van der Waals surface area contributed by atoms with Gasteiger partial charge in [0.2, 0.25) is 23.6 Å². The Bertz CT molecular complexity index is 3290. The quantitative estimate of drug-likeness (QED) is 0.0185. The predicted octanol–water partition coefficient (Wildman–Crippen LogP) is 4.34. The number of anilines is 3. The Hall–Kier alpha value is -7.04. The Balaban J connectivity index is 0.836. The summed E-state index contributed by atoms with van der Waals surface area (Å²) >= 11 is -2.46. The number of aromatic carboxylic acids is 1. The second-order valence-electron chi connectivity index (χ2n) is 18.5. The van der Waals surface area contributed by atoms with Gasteiger partial charge in [0.15, 0.2) is 27.3 Å². The van der Waals surface area contributed by atoms with E-state index < -0.39 is 120 Å². The minimum atomic E-state index is -4.89. The van der Waals surface area contributed by atoms with Crippen molar-refractivity contribution in [2.75, 3.05) is 59.4 Å². The predicted molar refractivity (Wildman–Crippen MR) is 282 cm³/mol. The smallest absolute Gasteiger partial charge is 0.336 e. The molecule has 4 aromatic rings. The number of aromatic hydroxyl groups is 1. The lowest BCUT2D eigenvalue weighted by atomic mass is 9.89. The number of sulfone groups is 1. The summed E-state index contributed by atoms with van der Waals surface area (Å²) in [5.41, 5.74) is -1.47. The highest BCUT2D eigenvalue weighted by Crippen LogP contribution is 2.41. The third kappa shape index (κ3) is 14.8. The van der Waals surface area contributed by atoms with Crippen molar-refractivity contribution in [1.29, 1.82) is 0 Å². The lowest BCUT2D eigenvalue weighted by molar-refractivity contribution is -0.141. The van der Waals surface area contributed by atoms with Crippen molar-refractivity contribution in [3.63, 3.8) is 0 Å². The fraction of sp³-hybridized carbons (Fsp3) is 0.385. The number of aliphatic carboxylic acids is 1. The van der Waals surface area contributed by atoms with Crippen LogP contribution in [0.2, 0.25) is 0 Å². The normalized spacial score (nSPS) is 16.4. The number of thioether (sulfide) groups is 1. The van der Waals surface area contributed by atoms with Gasteiger partial charge in [-0.25, -0.2) is 36.1 Å². The molecule has 2 fully saturated rings. The van der Waals surface area contributed by atoms with Crippen LogP contribution in [0.5, 0.6) is 17.2 Å². The molecule has 3 unspecified atom stereocenters. The minimum absolute atomic E-state index is 0.0331. The number of carbonyl (C=O) groups is 6. The van der Waals surface area contributed by atoms with Gasteiger partial charge in [0, 0.05) is 71.3 Å². The number of hydrogen-bond acceptors (Lipinski definition) is 16. The van der Waals surface area contributed by atoms with Gasteiger partial charge < -0.3 is 54.8 Å². The Morgan fingerprint density at radius 2 is 1.54 bits per heavy atom. The van der Waals surface area contributed by atoms with E-state index in [2.05, 4.69) is 22.5 Å². The number of phenols is 1. The molecule has 1 aliphatic carbocycles. The van der Waals surface area contributed by atoms with Crippen LogP contribution in [0.15, 0.2) is 59.5 Å². The van der Waals surface area contributed by atoms with Crippen LogP contribution in [0.4, 0.5) is 30.2 Å². The molecule has 7 rings (SSSR count). The zero-order valence-electron chi connectivity index (χ0n) is 42.1. The number of fused-ring (bicyclic) bond motifs is 2. The monoisotopic (exact) mass is 1160 g/mol. The third-order valence-electron chi connectivity index (χ3n) is 13.0. The highest BCUT2D eigenvalue weighted by atomic mass is 32.2. The molecule has 0 radical (unpaired) electrons. The van der Waals surface area contributed by atoms with Crippen molar-refractivity contribution in [3.8, 4) is 17.2 Å². The standard InChI is InChI=1S/C52H56F3N5O16S3/c1-28-9-12-33-37(23-28)76-38-25-31(61)11-14-34(38)43(33)32-13-10-30(24-35(32)51(66)67)60-42(64)26-39(50(60)65)77-27-36(52(68)69)58-41(63)15-18-74-20-21-75-19-17-56-40(62)16-22-79(72,73)49-45(54)44(53)47(59-78(70)71)46(55)48(49)57-29-7-5-3-2-4-6-8-29/h9-14,23-25,29,36,39,57,59,61H,1-8,15-22,26-27H2,(H,56,62)(H,58,63)(H,66,67)(H,68,69)(H,70,71)/p-1. The number of phenolic OH excluding ortho intramolecular Hbond substituents is 1. The Morgan fingerprint density at radius 1 is 0.848 bits per heavy atom. The number of carbonyl (C=O) groups excluding carboxylic acids is 4. The zero-order valence-corrected chi connectivity index (χ0v) is 44.6. The van der Waals surface area contributed by atoms with E-state index in [1.165, 1.54) is 35.1 Å². The summed E-state index contributed by atoms with van der Waals surface area (Å²) in [5.74, 6) is -12.3. The number of imide groups is 1. The summed E-state index contributed by atoms with van der Waals surface area (Å²) in [4.78, 5) is 76.6. The average molecular weight is 1160 g/mol. The summed E-state index contributed by atoms with van der Waals surface area (Å²) in [5, 5.41) is 38.0. The van der Waals surface area contributed by atoms with Gasteiger partial charge in [0.05, 0.1) is 54.4 Å². The van der Waals surface area contributed by atoms with Gasteiger partial charge >= 0.3 is 11.9 Å². The molecule has 424 valence electrons. The molecule has 3 aliphatic rings. The summed E-state index contributed by atoms with van der Waals surface area (Å²) in [6.07, 6.45) is 3.60. The first-order valence-electron chi connectivity index (χ1n) is 24.9. The molecule has 4 aromatic carbocycles. The Labute approximate surface area is 457 Å². The molecular formula is C52H55F3N5O16S3-. The molecule has 1 saturated carbocycles. The van der Waals surface area contributed by atoms with Gasteiger partial charge in [-0.3, -0.25) is 23.4 Å². The van der Waals surface area contributed by atoms with Gasteiger partial charge in [-0.15, -0.1) is 11.8 Å². The summed E-state index contributed by atoms with van der Waals surface area (Å²) in [7, 11) is -4.89. The van der Waals surface area contributed by atoms with Crippen LogP contribution in [-0.4, -0.2) is 130 Å². The summed E-state index contributed by atoms with van der Waals surface area (Å²) in [6, 6.07) is 11.5. The molecule has 21 nitrogen and oxygen atoms in total. The average Bonchev–Trinajstić information content (AvgIpc) is 3.75. The van der Waals surface area contributed by atoms with E-state index >= 15 is 8.78 Å². The lowest BCUT2D eigenvalue weighted by Crippen LogP contribution is -2.43. The third-order valence-corrected chi connectivity index (χ3v) is 16.4. The van der Waals surface area contributed by atoms with Gasteiger partial charge in [0.1, 0.15) is 33.9 Å². The summed E-state index contributed by atoms with van der Waals surface area (Å²) < 4.78 is 114. The number of nitrogens with one attached hydrogen (secondary N) is 4. The number of hydrogen-bond donors (Lipinski definition) is 7. The molecule has 1 saturated heterocycles. The van der Waals surface area contributed by atoms with Crippen LogP contribution in [-0.2, 0) is 54.6 Å². The highest BCUT2D eigenvalue weighted by Gasteiger charge is 2.41. The Kier molecular flexibility index (Phi) is 20.2. The van der Waals surface area contributed by atoms with Gasteiger partial charge in [-0.2, -0.15) is 0 Å². The molecule has 0 aromatic heterocycles. The number of carboxylic acids is 2. The first kappa shape index (κ1) is 59.6. The number of nitrogens with zero attached hydrogens (tertiary/aromatic N) is 1. The maximum atomic E-state index is 15.7. The van der Waals surface area contributed by atoms with E-state index in [1.54, 1.807) is 24.3 Å². The van der Waals surface area contributed by atoms with Crippen LogP contribution in [0.25, 0.3) is 12.2 Å². The van der Waals surface area contributed by atoms with Gasteiger partial charge in [-0.1, -0.05) is 56.9 Å². The number of halogens is 3. The van der Waals surface area contributed by atoms with Crippen LogP contribution in [0.1, 0.15) is 85.7 Å². The number of rotatable bonds is 25. The van der Waals surface area contributed by atoms with E-state index in [-0.39, 0.29) is 79.9 Å². The fourth-order valence-electron chi connectivity index (χ4n) is 9.14. The van der Waals surface area contributed by atoms with Crippen molar-refractivity contribution in [2.24, 2.45) is 0 Å². The van der Waals surface area contributed by atoms with Crippen LogP contribution in [0.3, 0.4) is 0 Å².